The zero-order chi connectivity index (χ0) is 11.7. The van der Waals surface area contributed by atoms with Crippen molar-refractivity contribution in [2.45, 2.75) is 6.92 Å². The zero-order valence-corrected chi connectivity index (χ0v) is 9.68. The highest BCUT2D eigenvalue weighted by atomic mass is 16.5. The molecule has 1 aliphatic carbocycles. The molecule has 0 aromatic heterocycles. The van der Waals surface area contributed by atoms with Crippen molar-refractivity contribution in [2.75, 3.05) is 0 Å². The molecular formula is C16H13O. The second-order valence-electron chi connectivity index (χ2n) is 4.23. The SMILES string of the molecule is Cc1ccc(Oc2ccc(C3=C[CH]3)cc2)cc1. The molecule has 0 saturated heterocycles. The molecule has 1 heteroatoms. The minimum absolute atomic E-state index is 0.874. The molecule has 1 aliphatic rings. The summed E-state index contributed by atoms with van der Waals surface area (Å²) in [7, 11) is 0. The van der Waals surface area contributed by atoms with Gasteiger partial charge in [0.2, 0.25) is 0 Å². The van der Waals surface area contributed by atoms with Gasteiger partial charge in [-0.1, -0.05) is 35.9 Å². The Morgan fingerprint density at radius 1 is 0.765 bits per heavy atom. The van der Waals surface area contributed by atoms with E-state index in [1.165, 1.54) is 16.7 Å². The van der Waals surface area contributed by atoms with Crippen molar-refractivity contribution in [3.05, 3.63) is 72.2 Å². The third kappa shape index (κ3) is 2.39. The highest BCUT2D eigenvalue weighted by Crippen LogP contribution is 2.31. The summed E-state index contributed by atoms with van der Waals surface area (Å²) in [5.41, 5.74) is 3.80. The maximum Gasteiger partial charge on any atom is 0.127 e. The Bertz CT molecular complexity index is 547. The number of hydrogen-bond acceptors (Lipinski definition) is 1. The van der Waals surface area contributed by atoms with Crippen LogP contribution in [-0.2, 0) is 0 Å². The first-order chi connectivity index (χ1) is 8.31. The van der Waals surface area contributed by atoms with Crippen molar-refractivity contribution in [1.82, 2.24) is 0 Å². The van der Waals surface area contributed by atoms with Gasteiger partial charge in [-0.15, -0.1) is 0 Å². The fourth-order valence-corrected chi connectivity index (χ4v) is 1.69. The molecule has 0 unspecified atom stereocenters. The largest absolute Gasteiger partial charge is 0.457 e. The van der Waals surface area contributed by atoms with Crippen LogP contribution in [0.4, 0.5) is 0 Å². The fraction of sp³-hybridized carbons (Fsp3) is 0.0625. The van der Waals surface area contributed by atoms with Crippen molar-refractivity contribution >= 4 is 5.57 Å². The van der Waals surface area contributed by atoms with E-state index in [4.69, 9.17) is 4.74 Å². The first-order valence-electron chi connectivity index (χ1n) is 5.71. The fourth-order valence-electron chi connectivity index (χ4n) is 1.69. The Kier molecular flexibility index (Phi) is 2.45. The molecule has 3 rings (SSSR count). The van der Waals surface area contributed by atoms with Crippen LogP contribution in [0.3, 0.4) is 0 Å². The molecule has 17 heavy (non-hydrogen) atoms. The van der Waals surface area contributed by atoms with Gasteiger partial charge in [-0.25, -0.2) is 0 Å². The second-order valence-corrected chi connectivity index (χ2v) is 4.23. The summed E-state index contributed by atoms with van der Waals surface area (Å²) in [6.07, 6.45) is 4.21. The van der Waals surface area contributed by atoms with Gasteiger partial charge in [-0.05, 0) is 42.3 Å². The molecular weight excluding hydrogens is 208 g/mol. The quantitative estimate of drug-likeness (QED) is 0.747. The lowest BCUT2D eigenvalue weighted by Crippen LogP contribution is -1.84. The number of allylic oxidation sites excluding steroid dienone is 2. The van der Waals surface area contributed by atoms with Crippen LogP contribution in [0.5, 0.6) is 11.5 Å². The van der Waals surface area contributed by atoms with Crippen molar-refractivity contribution in [3.8, 4) is 11.5 Å². The van der Waals surface area contributed by atoms with Crippen LogP contribution in [0.1, 0.15) is 11.1 Å². The van der Waals surface area contributed by atoms with E-state index >= 15 is 0 Å². The first kappa shape index (κ1) is 10.2. The molecule has 0 aliphatic heterocycles. The van der Waals surface area contributed by atoms with Crippen LogP contribution in [0.25, 0.3) is 5.57 Å². The van der Waals surface area contributed by atoms with Crippen molar-refractivity contribution < 1.29 is 4.74 Å². The van der Waals surface area contributed by atoms with E-state index in [9.17, 15) is 0 Å². The molecule has 0 N–H and O–H groups in total. The smallest absolute Gasteiger partial charge is 0.127 e. The Hall–Kier alpha value is -2.02. The maximum absolute atomic E-state index is 5.76. The number of benzene rings is 2. The van der Waals surface area contributed by atoms with Gasteiger partial charge in [-0.3, -0.25) is 0 Å². The molecule has 0 bridgehead atoms. The number of ether oxygens (including phenoxy) is 1. The molecule has 2 aromatic rings. The van der Waals surface area contributed by atoms with E-state index in [-0.39, 0.29) is 0 Å². The Balaban J connectivity index is 1.76. The molecule has 1 nitrogen and oxygen atoms in total. The molecule has 0 atom stereocenters. The first-order valence-corrected chi connectivity index (χ1v) is 5.71. The summed E-state index contributed by atoms with van der Waals surface area (Å²) < 4.78 is 5.76. The summed E-state index contributed by atoms with van der Waals surface area (Å²) in [5.74, 6) is 1.75. The molecule has 0 saturated carbocycles. The average Bonchev–Trinajstić information content (AvgIpc) is 3.17. The van der Waals surface area contributed by atoms with Gasteiger partial charge in [0.15, 0.2) is 0 Å². The second kappa shape index (κ2) is 4.10. The van der Waals surface area contributed by atoms with Crippen molar-refractivity contribution in [1.29, 1.82) is 0 Å². The highest BCUT2D eigenvalue weighted by Gasteiger charge is 2.10. The van der Waals surface area contributed by atoms with Crippen LogP contribution >= 0.6 is 0 Å². The highest BCUT2D eigenvalue weighted by molar-refractivity contribution is 5.87. The van der Waals surface area contributed by atoms with Gasteiger partial charge in [-0.2, -0.15) is 0 Å². The van der Waals surface area contributed by atoms with Gasteiger partial charge in [0.25, 0.3) is 0 Å². The zero-order valence-electron chi connectivity index (χ0n) is 9.68. The maximum atomic E-state index is 5.76. The molecule has 2 aromatic carbocycles. The van der Waals surface area contributed by atoms with Gasteiger partial charge < -0.3 is 4.74 Å². The van der Waals surface area contributed by atoms with Gasteiger partial charge in [0.1, 0.15) is 11.5 Å². The summed E-state index contributed by atoms with van der Waals surface area (Å²) in [4.78, 5) is 0. The predicted molar refractivity (Wildman–Crippen MR) is 70.0 cm³/mol. The number of hydrogen-bond donors (Lipinski definition) is 0. The van der Waals surface area contributed by atoms with Gasteiger partial charge in [0.05, 0.1) is 0 Å². The molecule has 0 fully saturated rings. The lowest BCUT2D eigenvalue weighted by molar-refractivity contribution is 0.482. The van der Waals surface area contributed by atoms with E-state index in [0.717, 1.165) is 11.5 Å². The molecule has 1 radical (unpaired) electrons. The minimum atomic E-state index is 0.874. The van der Waals surface area contributed by atoms with Gasteiger partial charge in [0, 0.05) is 6.42 Å². The lowest BCUT2D eigenvalue weighted by Gasteiger charge is -2.06. The van der Waals surface area contributed by atoms with E-state index in [1.54, 1.807) is 0 Å². The monoisotopic (exact) mass is 221 g/mol. The van der Waals surface area contributed by atoms with Gasteiger partial charge >= 0.3 is 0 Å². The van der Waals surface area contributed by atoms with Crippen LogP contribution in [-0.4, -0.2) is 0 Å². The third-order valence-electron chi connectivity index (χ3n) is 2.78. The normalized spacial score (nSPS) is 13.1. The summed E-state index contributed by atoms with van der Waals surface area (Å²) >= 11 is 0. The lowest BCUT2D eigenvalue weighted by atomic mass is 10.2. The van der Waals surface area contributed by atoms with E-state index in [1.807, 2.05) is 36.4 Å². The van der Waals surface area contributed by atoms with Crippen LogP contribution < -0.4 is 4.74 Å². The molecule has 0 heterocycles. The Morgan fingerprint density at radius 3 is 1.82 bits per heavy atom. The van der Waals surface area contributed by atoms with Crippen molar-refractivity contribution in [2.24, 2.45) is 0 Å². The third-order valence-corrected chi connectivity index (χ3v) is 2.78. The average molecular weight is 221 g/mol. The van der Waals surface area contributed by atoms with E-state index < -0.39 is 0 Å². The number of aryl methyl sites for hydroxylation is 1. The summed E-state index contributed by atoms with van der Waals surface area (Å²) in [6, 6.07) is 16.2. The number of rotatable bonds is 3. The van der Waals surface area contributed by atoms with Crippen LogP contribution in [0.2, 0.25) is 0 Å². The van der Waals surface area contributed by atoms with E-state index in [0.29, 0.717) is 0 Å². The molecule has 0 spiro atoms. The summed E-state index contributed by atoms with van der Waals surface area (Å²) in [6.45, 7) is 2.07. The summed E-state index contributed by atoms with van der Waals surface area (Å²) in [5, 5.41) is 0. The minimum Gasteiger partial charge on any atom is -0.457 e. The predicted octanol–water partition coefficient (Wildman–Crippen LogP) is 4.39. The Labute approximate surface area is 101 Å². The molecule has 0 amide bonds. The topological polar surface area (TPSA) is 9.23 Å². The van der Waals surface area contributed by atoms with Crippen molar-refractivity contribution in [3.63, 3.8) is 0 Å². The van der Waals surface area contributed by atoms with Crippen LogP contribution in [0.15, 0.2) is 54.6 Å². The van der Waals surface area contributed by atoms with E-state index in [2.05, 4.69) is 31.6 Å². The molecule has 83 valence electrons. The Morgan fingerprint density at radius 2 is 1.29 bits per heavy atom. The standard InChI is InChI=1S/C16H13O/c1-12-2-8-15(9-3-12)17-16-10-6-14(7-11-16)13-4-5-13/h2-11H,1H3. The van der Waals surface area contributed by atoms with Crippen LogP contribution in [0, 0.1) is 13.3 Å².